The van der Waals surface area contributed by atoms with Gasteiger partial charge in [-0.2, -0.15) is 0 Å². The van der Waals surface area contributed by atoms with Gasteiger partial charge in [0.1, 0.15) is 0 Å². The van der Waals surface area contributed by atoms with E-state index >= 15 is 0 Å². The smallest absolute Gasteiger partial charge is 0.0438 e. The van der Waals surface area contributed by atoms with Gasteiger partial charge in [-0.25, -0.2) is 0 Å². The van der Waals surface area contributed by atoms with Crippen LogP contribution in [-0.2, 0) is 0 Å². The zero-order valence-corrected chi connectivity index (χ0v) is 7.89. The van der Waals surface area contributed by atoms with Crippen molar-refractivity contribution >= 4 is 11.3 Å². The van der Waals surface area contributed by atoms with Gasteiger partial charge in [-0.1, -0.05) is 6.07 Å². The summed E-state index contributed by atoms with van der Waals surface area (Å²) >= 11 is 1.87. The molecule has 1 nitrogen and oxygen atoms in total. The zero-order chi connectivity index (χ0) is 8.39. The van der Waals surface area contributed by atoms with Crippen LogP contribution in [0.1, 0.15) is 23.6 Å². The average Bonchev–Trinajstić information content (AvgIpc) is 2.58. The first kappa shape index (κ1) is 8.27. The summed E-state index contributed by atoms with van der Waals surface area (Å²) in [6, 6.07) is 4.37. The van der Waals surface area contributed by atoms with Gasteiger partial charge in [-0.15, -0.1) is 11.3 Å². The summed E-state index contributed by atoms with van der Waals surface area (Å²) in [6.45, 7) is 2.09. The number of rotatable bonds is 1. The first-order valence-electron chi connectivity index (χ1n) is 4.39. The maximum absolute atomic E-state index is 5.69. The average molecular weight is 179 g/mol. The van der Waals surface area contributed by atoms with E-state index in [0.29, 0.717) is 0 Å². The first-order chi connectivity index (χ1) is 5.86. The fraction of sp³-hybridized carbons (Fsp3) is 0.500. The highest BCUT2D eigenvalue weighted by Gasteiger charge is 2.18. The highest BCUT2D eigenvalue weighted by Crippen LogP contribution is 2.30. The zero-order valence-electron chi connectivity index (χ0n) is 7.07. The maximum atomic E-state index is 5.69. The van der Waals surface area contributed by atoms with Crippen LogP contribution >= 0.6 is 11.3 Å². The fourth-order valence-corrected chi connectivity index (χ4v) is 2.61. The van der Waals surface area contributed by atoms with Crippen LogP contribution < -0.4 is 0 Å². The van der Waals surface area contributed by atoms with E-state index in [0.717, 1.165) is 19.0 Å². The standard InChI is InChI=1S/C10H13NS/c1-11-6-4-9(5-7-11)10-3-2-8-12-10/h1-3,8-9H,4-7H2. The summed E-state index contributed by atoms with van der Waals surface area (Å²) in [7, 11) is 5.69. The maximum Gasteiger partial charge on any atom is 0.0438 e. The van der Waals surface area contributed by atoms with E-state index in [2.05, 4.69) is 17.5 Å². The molecule has 2 rings (SSSR count). The molecule has 1 aliphatic heterocycles. The van der Waals surface area contributed by atoms with Crippen LogP contribution in [0.15, 0.2) is 17.5 Å². The highest BCUT2D eigenvalue weighted by molar-refractivity contribution is 7.10. The molecule has 0 aliphatic carbocycles. The van der Waals surface area contributed by atoms with Crippen LogP contribution in [0.25, 0.3) is 0 Å². The Hall–Kier alpha value is -0.340. The minimum atomic E-state index is 0.768. The molecule has 64 valence electrons. The quantitative estimate of drug-likeness (QED) is 0.640. The van der Waals surface area contributed by atoms with Crippen molar-refractivity contribution < 1.29 is 0 Å². The fourth-order valence-electron chi connectivity index (χ4n) is 1.71. The molecule has 0 spiro atoms. The van der Waals surface area contributed by atoms with Gasteiger partial charge in [-0.3, -0.25) is 4.90 Å². The number of likely N-dealkylation sites (tertiary alicyclic amines) is 1. The molecule has 1 fully saturated rings. The van der Waals surface area contributed by atoms with Crippen LogP contribution in [0.2, 0.25) is 0 Å². The lowest BCUT2D eigenvalue weighted by molar-refractivity contribution is 0.282. The number of thiophene rings is 1. The SMILES string of the molecule is [CH]N1CCC(c2cccs2)CC1. The monoisotopic (exact) mass is 179 g/mol. The van der Waals surface area contributed by atoms with Gasteiger partial charge in [0.25, 0.3) is 0 Å². The van der Waals surface area contributed by atoms with Gasteiger partial charge in [-0.05, 0) is 43.3 Å². The van der Waals surface area contributed by atoms with E-state index in [4.69, 9.17) is 7.05 Å². The molecule has 0 amide bonds. The van der Waals surface area contributed by atoms with Gasteiger partial charge in [0, 0.05) is 11.9 Å². The lowest BCUT2D eigenvalue weighted by Gasteiger charge is -2.27. The van der Waals surface area contributed by atoms with Crippen LogP contribution in [-0.4, -0.2) is 18.0 Å². The second-order valence-electron chi connectivity index (χ2n) is 3.33. The summed E-state index contributed by atoms with van der Waals surface area (Å²) in [5.41, 5.74) is 0. The molecule has 1 aromatic rings. The molecule has 0 N–H and O–H groups in total. The second-order valence-corrected chi connectivity index (χ2v) is 4.30. The molecule has 0 aromatic carbocycles. The third-order valence-electron chi connectivity index (χ3n) is 2.48. The summed E-state index contributed by atoms with van der Waals surface area (Å²) < 4.78 is 0. The number of hydrogen-bond donors (Lipinski definition) is 0. The van der Waals surface area contributed by atoms with E-state index < -0.39 is 0 Å². The predicted molar refractivity (Wildman–Crippen MR) is 52.2 cm³/mol. The highest BCUT2D eigenvalue weighted by atomic mass is 32.1. The molecule has 1 aromatic heterocycles. The Labute approximate surface area is 78.0 Å². The molecule has 2 radical (unpaired) electrons. The molecule has 0 unspecified atom stereocenters. The van der Waals surface area contributed by atoms with Crippen molar-refractivity contribution in [3.05, 3.63) is 29.4 Å². The van der Waals surface area contributed by atoms with Crippen LogP contribution in [0, 0.1) is 7.05 Å². The molecule has 2 heterocycles. The molecular formula is C10H13NS. The minimum absolute atomic E-state index is 0.768. The first-order valence-corrected chi connectivity index (χ1v) is 5.27. The summed E-state index contributed by atoms with van der Waals surface area (Å²) in [4.78, 5) is 3.45. The number of piperidine rings is 1. The Morgan fingerprint density at radius 3 is 2.75 bits per heavy atom. The van der Waals surface area contributed by atoms with Gasteiger partial charge in [0.15, 0.2) is 0 Å². The van der Waals surface area contributed by atoms with E-state index in [9.17, 15) is 0 Å². The van der Waals surface area contributed by atoms with Crippen molar-refractivity contribution in [3.8, 4) is 0 Å². The molecular weight excluding hydrogens is 166 g/mol. The van der Waals surface area contributed by atoms with Gasteiger partial charge in [0.05, 0.1) is 0 Å². The lowest BCUT2D eigenvalue weighted by atomic mass is 9.96. The van der Waals surface area contributed by atoms with E-state index in [1.165, 1.54) is 17.7 Å². The van der Waals surface area contributed by atoms with Crippen LogP contribution in [0.3, 0.4) is 0 Å². The second kappa shape index (κ2) is 3.58. The molecule has 1 aliphatic rings. The molecule has 2 heteroatoms. The number of nitrogens with zero attached hydrogens (tertiary/aromatic N) is 1. The number of hydrogen-bond acceptors (Lipinski definition) is 2. The van der Waals surface area contributed by atoms with E-state index in [1.807, 2.05) is 16.2 Å². The molecule has 0 bridgehead atoms. The largest absolute Gasteiger partial charge is 0.297 e. The molecule has 12 heavy (non-hydrogen) atoms. The van der Waals surface area contributed by atoms with Crippen LogP contribution in [0.4, 0.5) is 0 Å². The Morgan fingerprint density at radius 2 is 2.17 bits per heavy atom. The van der Waals surface area contributed by atoms with Gasteiger partial charge < -0.3 is 0 Å². The Morgan fingerprint density at radius 1 is 1.42 bits per heavy atom. The molecule has 0 atom stereocenters. The topological polar surface area (TPSA) is 3.24 Å². The lowest BCUT2D eigenvalue weighted by Crippen LogP contribution is -2.27. The Balaban J connectivity index is 1.99. The van der Waals surface area contributed by atoms with Gasteiger partial charge in [0.2, 0.25) is 0 Å². The van der Waals surface area contributed by atoms with Crippen molar-refractivity contribution in [2.24, 2.45) is 0 Å². The van der Waals surface area contributed by atoms with Gasteiger partial charge >= 0.3 is 0 Å². The summed E-state index contributed by atoms with van der Waals surface area (Å²) in [6.07, 6.45) is 2.44. The Bertz CT molecular complexity index is 222. The van der Waals surface area contributed by atoms with Crippen molar-refractivity contribution in [3.63, 3.8) is 0 Å². The third kappa shape index (κ3) is 1.70. The van der Waals surface area contributed by atoms with Crippen molar-refractivity contribution in [1.29, 1.82) is 0 Å². The van der Waals surface area contributed by atoms with Crippen molar-refractivity contribution in [1.82, 2.24) is 4.90 Å². The van der Waals surface area contributed by atoms with Crippen molar-refractivity contribution in [2.75, 3.05) is 13.1 Å². The predicted octanol–water partition coefficient (Wildman–Crippen LogP) is 2.60. The Kier molecular flexibility index (Phi) is 2.47. The normalized spacial score (nSPS) is 21.4. The third-order valence-corrected chi connectivity index (χ3v) is 3.51. The molecule has 0 saturated carbocycles. The van der Waals surface area contributed by atoms with E-state index in [1.54, 1.807) is 0 Å². The van der Waals surface area contributed by atoms with E-state index in [-0.39, 0.29) is 0 Å². The minimum Gasteiger partial charge on any atom is -0.297 e. The summed E-state index contributed by atoms with van der Waals surface area (Å²) in [5, 5.41) is 2.16. The molecule has 1 saturated heterocycles. The van der Waals surface area contributed by atoms with Crippen LogP contribution in [0.5, 0.6) is 0 Å². The van der Waals surface area contributed by atoms with Crippen molar-refractivity contribution in [2.45, 2.75) is 18.8 Å². The summed E-state index contributed by atoms with van der Waals surface area (Å²) in [5.74, 6) is 0.768.